The number of nitrogens with zero attached hydrogens (tertiary/aromatic N) is 2. The van der Waals surface area contributed by atoms with Gasteiger partial charge in [0.2, 0.25) is 0 Å². The quantitative estimate of drug-likeness (QED) is 0.864. The zero-order valence-electron chi connectivity index (χ0n) is 8.54. The largest absolute Gasteiger partial charge is 0.264 e. The summed E-state index contributed by atoms with van der Waals surface area (Å²) >= 11 is 5.66. The van der Waals surface area contributed by atoms with Gasteiger partial charge in [-0.2, -0.15) is 0 Å². The van der Waals surface area contributed by atoms with Crippen molar-refractivity contribution in [1.82, 2.24) is 9.97 Å². The van der Waals surface area contributed by atoms with Gasteiger partial charge in [-0.1, -0.05) is 17.7 Å². The summed E-state index contributed by atoms with van der Waals surface area (Å²) in [6.45, 7) is 0. The van der Waals surface area contributed by atoms with Crippen molar-refractivity contribution in [2.45, 2.75) is 4.90 Å². The number of nitrogens with one attached hydrogen (secondary N) is 1. The van der Waals surface area contributed by atoms with Crippen LogP contribution in [-0.4, -0.2) is 18.4 Å². The zero-order chi connectivity index (χ0) is 12.3. The number of sulfonamides is 1. The first-order valence-electron chi connectivity index (χ1n) is 4.63. The molecule has 2 heterocycles. The summed E-state index contributed by atoms with van der Waals surface area (Å²) in [4.78, 5) is 7.65. The highest BCUT2D eigenvalue weighted by Crippen LogP contribution is 2.14. The van der Waals surface area contributed by atoms with E-state index in [-0.39, 0.29) is 15.9 Å². The monoisotopic (exact) mass is 269 g/mol. The van der Waals surface area contributed by atoms with Crippen molar-refractivity contribution in [2.24, 2.45) is 0 Å². The van der Waals surface area contributed by atoms with Gasteiger partial charge < -0.3 is 0 Å². The molecule has 0 fully saturated rings. The second kappa shape index (κ2) is 4.68. The predicted octanol–water partition coefficient (Wildman–Crippen LogP) is 1.93. The lowest BCUT2D eigenvalue weighted by Gasteiger charge is -2.06. The molecule has 2 aromatic rings. The number of hydrogen-bond donors (Lipinski definition) is 1. The van der Waals surface area contributed by atoms with Gasteiger partial charge >= 0.3 is 0 Å². The van der Waals surface area contributed by atoms with Gasteiger partial charge in [-0.15, -0.1) is 0 Å². The molecule has 0 unspecified atom stereocenters. The fourth-order valence-electron chi connectivity index (χ4n) is 1.17. The van der Waals surface area contributed by atoms with Crippen LogP contribution in [0, 0.1) is 0 Å². The number of hydrogen-bond acceptors (Lipinski definition) is 4. The summed E-state index contributed by atoms with van der Waals surface area (Å²) in [7, 11) is -3.66. The fourth-order valence-corrected chi connectivity index (χ4v) is 2.30. The van der Waals surface area contributed by atoms with Crippen LogP contribution in [-0.2, 0) is 10.0 Å². The molecule has 0 amide bonds. The number of aromatic nitrogens is 2. The first-order valence-corrected chi connectivity index (χ1v) is 6.49. The number of pyridine rings is 2. The minimum Gasteiger partial charge on any atom is -0.263 e. The minimum absolute atomic E-state index is 0.0711. The van der Waals surface area contributed by atoms with Gasteiger partial charge in [0.25, 0.3) is 10.0 Å². The molecule has 0 saturated carbocycles. The van der Waals surface area contributed by atoms with Crippen LogP contribution in [0.2, 0.25) is 5.15 Å². The molecule has 2 rings (SSSR count). The van der Waals surface area contributed by atoms with E-state index in [0.717, 1.165) is 0 Å². The lowest BCUT2D eigenvalue weighted by Crippen LogP contribution is -2.13. The molecule has 17 heavy (non-hydrogen) atoms. The van der Waals surface area contributed by atoms with Crippen molar-refractivity contribution in [2.75, 3.05) is 4.72 Å². The van der Waals surface area contributed by atoms with Crippen LogP contribution < -0.4 is 4.72 Å². The Balaban J connectivity index is 2.30. The van der Waals surface area contributed by atoms with Crippen molar-refractivity contribution in [3.8, 4) is 0 Å². The first kappa shape index (κ1) is 11.8. The van der Waals surface area contributed by atoms with Crippen molar-refractivity contribution in [3.05, 3.63) is 47.9 Å². The van der Waals surface area contributed by atoms with Crippen LogP contribution >= 0.6 is 11.6 Å². The molecular weight excluding hydrogens is 262 g/mol. The summed E-state index contributed by atoms with van der Waals surface area (Å²) in [5.41, 5.74) is 0. The smallest absolute Gasteiger partial charge is 0.263 e. The Morgan fingerprint density at radius 1 is 1.18 bits per heavy atom. The molecule has 0 aliphatic rings. The number of rotatable bonds is 3. The Morgan fingerprint density at radius 3 is 2.65 bits per heavy atom. The van der Waals surface area contributed by atoms with Crippen LogP contribution in [0.3, 0.4) is 0 Å². The molecule has 0 spiro atoms. The van der Waals surface area contributed by atoms with Gasteiger partial charge in [0.05, 0.1) is 0 Å². The van der Waals surface area contributed by atoms with E-state index in [0.29, 0.717) is 0 Å². The Kier molecular flexibility index (Phi) is 3.26. The van der Waals surface area contributed by atoms with E-state index in [4.69, 9.17) is 11.6 Å². The van der Waals surface area contributed by atoms with Crippen LogP contribution in [0.25, 0.3) is 0 Å². The van der Waals surface area contributed by atoms with Gasteiger partial charge in [-0.25, -0.2) is 13.4 Å². The normalized spacial score (nSPS) is 11.1. The first-order chi connectivity index (χ1) is 8.08. The minimum atomic E-state index is -3.66. The van der Waals surface area contributed by atoms with E-state index < -0.39 is 10.0 Å². The van der Waals surface area contributed by atoms with Crippen molar-refractivity contribution >= 4 is 27.4 Å². The summed E-state index contributed by atoms with van der Waals surface area (Å²) in [6, 6.07) is 7.67. The van der Waals surface area contributed by atoms with E-state index >= 15 is 0 Å². The van der Waals surface area contributed by atoms with Gasteiger partial charge in [0.15, 0.2) is 0 Å². The van der Waals surface area contributed by atoms with E-state index in [1.165, 1.54) is 24.5 Å². The van der Waals surface area contributed by atoms with Gasteiger partial charge in [0, 0.05) is 12.4 Å². The van der Waals surface area contributed by atoms with Crippen LogP contribution in [0.4, 0.5) is 5.82 Å². The van der Waals surface area contributed by atoms with E-state index in [1.54, 1.807) is 18.2 Å². The summed E-state index contributed by atoms with van der Waals surface area (Å²) in [5, 5.41) is 0.219. The molecular formula is C10H8ClN3O2S. The van der Waals surface area contributed by atoms with E-state index in [9.17, 15) is 8.42 Å². The average molecular weight is 270 g/mol. The lowest BCUT2D eigenvalue weighted by molar-refractivity contribution is 0.600. The molecule has 0 aromatic carbocycles. The molecule has 0 atom stereocenters. The second-order valence-corrected chi connectivity index (χ2v) is 5.21. The summed E-state index contributed by atoms with van der Waals surface area (Å²) < 4.78 is 26.1. The number of halogens is 1. The molecule has 0 radical (unpaired) electrons. The van der Waals surface area contributed by atoms with Crippen LogP contribution in [0.15, 0.2) is 47.6 Å². The topological polar surface area (TPSA) is 72.0 Å². The van der Waals surface area contributed by atoms with Crippen molar-refractivity contribution in [3.63, 3.8) is 0 Å². The molecule has 7 heteroatoms. The second-order valence-electron chi connectivity index (χ2n) is 3.14. The van der Waals surface area contributed by atoms with Gasteiger partial charge in [0.1, 0.15) is 15.9 Å². The van der Waals surface area contributed by atoms with Crippen molar-refractivity contribution < 1.29 is 8.42 Å². The van der Waals surface area contributed by atoms with Gasteiger partial charge in [-0.05, 0) is 24.3 Å². The maximum absolute atomic E-state index is 11.9. The lowest BCUT2D eigenvalue weighted by atomic mass is 10.5. The van der Waals surface area contributed by atoms with E-state index in [2.05, 4.69) is 14.7 Å². The Bertz CT molecular complexity index is 616. The maximum atomic E-state index is 11.9. The fraction of sp³-hybridized carbons (Fsp3) is 0. The molecule has 0 aliphatic heterocycles. The maximum Gasteiger partial charge on any atom is 0.264 e. The van der Waals surface area contributed by atoms with E-state index in [1.807, 2.05) is 0 Å². The standard InChI is InChI=1S/C10H8ClN3O2S/c11-9-4-1-5-10(13-9)14-17(15,16)8-3-2-6-12-7-8/h1-7H,(H,13,14). The molecule has 88 valence electrons. The third-order valence-corrected chi connectivity index (χ3v) is 3.45. The molecule has 0 bridgehead atoms. The SMILES string of the molecule is O=S(=O)(Nc1cccc(Cl)n1)c1cccnc1. The molecule has 0 saturated heterocycles. The third-order valence-electron chi connectivity index (χ3n) is 1.90. The van der Waals surface area contributed by atoms with Crippen LogP contribution in [0.1, 0.15) is 0 Å². The Morgan fingerprint density at radius 2 is 2.00 bits per heavy atom. The van der Waals surface area contributed by atoms with Crippen molar-refractivity contribution in [1.29, 1.82) is 0 Å². The molecule has 1 N–H and O–H groups in total. The number of anilines is 1. The van der Waals surface area contributed by atoms with Crippen LogP contribution in [0.5, 0.6) is 0 Å². The average Bonchev–Trinajstić information content (AvgIpc) is 2.29. The summed E-state index contributed by atoms with van der Waals surface area (Å²) in [6.07, 6.45) is 2.75. The summed E-state index contributed by atoms with van der Waals surface area (Å²) in [5.74, 6) is 0.168. The highest BCUT2D eigenvalue weighted by Gasteiger charge is 2.14. The molecule has 0 aliphatic carbocycles. The van der Waals surface area contributed by atoms with Gasteiger partial charge in [-0.3, -0.25) is 9.71 Å². The highest BCUT2D eigenvalue weighted by molar-refractivity contribution is 7.92. The predicted molar refractivity (Wildman–Crippen MR) is 64.3 cm³/mol. The Hall–Kier alpha value is -1.66. The Labute approximate surface area is 104 Å². The highest BCUT2D eigenvalue weighted by atomic mass is 35.5. The zero-order valence-corrected chi connectivity index (χ0v) is 10.1. The third kappa shape index (κ3) is 2.92. The molecule has 2 aromatic heterocycles. The molecule has 5 nitrogen and oxygen atoms in total.